The molecule has 2 unspecified atom stereocenters. The van der Waals surface area contributed by atoms with Crippen molar-refractivity contribution in [3.05, 3.63) is 15.5 Å². The van der Waals surface area contributed by atoms with E-state index in [2.05, 4.69) is 23.7 Å². The molecular weight excluding hydrogens is 228 g/mol. The monoisotopic (exact) mass is 244 g/mol. The van der Waals surface area contributed by atoms with Crippen molar-refractivity contribution in [3.63, 3.8) is 0 Å². The lowest BCUT2D eigenvalue weighted by Gasteiger charge is -2.38. The summed E-state index contributed by atoms with van der Waals surface area (Å²) in [6, 6.07) is 1.38. The Labute approximate surface area is 100 Å². The van der Waals surface area contributed by atoms with E-state index >= 15 is 0 Å². The Hall–Kier alpha value is -0.120. The number of nitrogens with zero attached hydrogens (tertiary/aromatic N) is 2. The molecule has 15 heavy (non-hydrogen) atoms. The van der Waals surface area contributed by atoms with Gasteiger partial charge in [0, 0.05) is 29.7 Å². The first-order chi connectivity index (χ1) is 7.16. The second kappa shape index (κ2) is 4.81. The van der Waals surface area contributed by atoms with Gasteiger partial charge in [0.2, 0.25) is 0 Å². The van der Waals surface area contributed by atoms with Crippen LogP contribution in [0.5, 0.6) is 0 Å². The summed E-state index contributed by atoms with van der Waals surface area (Å²) in [5, 5.41) is 0. The molecule has 2 atom stereocenters. The maximum Gasteiger partial charge on any atom is 0.183 e. The van der Waals surface area contributed by atoms with E-state index in [-0.39, 0.29) is 0 Å². The van der Waals surface area contributed by atoms with Gasteiger partial charge < -0.3 is 0 Å². The Kier molecular flexibility index (Phi) is 3.65. The Morgan fingerprint density at radius 2 is 2.13 bits per heavy atom. The minimum Gasteiger partial charge on any atom is -0.293 e. The third-order valence-electron chi connectivity index (χ3n) is 3.24. The molecule has 0 aromatic carbocycles. The first-order valence-electron chi connectivity index (χ1n) is 5.53. The second-order valence-corrected chi connectivity index (χ2v) is 6.08. The zero-order valence-corrected chi connectivity index (χ0v) is 10.8. The Bertz CT molecular complexity index is 316. The highest BCUT2D eigenvalue weighted by Gasteiger charge is 2.24. The van der Waals surface area contributed by atoms with Gasteiger partial charge in [-0.2, -0.15) is 0 Å². The van der Waals surface area contributed by atoms with Gasteiger partial charge in [-0.05, 0) is 26.7 Å². The first kappa shape index (κ1) is 11.4. The molecule has 1 aromatic rings. The van der Waals surface area contributed by atoms with Gasteiger partial charge in [-0.15, -0.1) is 11.3 Å². The van der Waals surface area contributed by atoms with Crippen LogP contribution in [-0.2, 0) is 6.54 Å². The molecule has 0 amide bonds. The molecule has 2 rings (SSSR count). The third-order valence-corrected chi connectivity index (χ3v) is 4.34. The van der Waals surface area contributed by atoms with Crippen molar-refractivity contribution >= 4 is 22.9 Å². The molecule has 0 radical (unpaired) electrons. The molecule has 1 fully saturated rings. The predicted octanol–water partition coefficient (Wildman–Crippen LogP) is 3.56. The molecule has 2 nitrogen and oxygen atoms in total. The lowest BCUT2D eigenvalue weighted by atomic mass is 9.97. The smallest absolute Gasteiger partial charge is 0.183 e. The average molecular weight is 245 g/mol. The molecule has 1 aromatic heterocycles. The number of likely N-dealkylation sites (tertiary alicyclic amines) is 1. The SMILES string of the molecule is CC1CCCC(C)N1Cc1cnc(Cl)s1. The van der Waals surface area contributed by atoms with Gasteiger partial charge in [-0.3, -0.25) is 4.90 Å². The molecular formula is C11H17ClN2S. The minimum absolute atomic E-state index is 0.655. The summed E-state index contributed by atoms with van der Waals surface area (Å²) in [7, 11) is 0. The van der Waals surface area contributed by atoms with Crippen LogP contribution in [0.25, 0.3) is 0 Å². The first-order valence-corrected chi connectivity index (χ1v) is 6.72. The van der Waals surface area contributed by atoms with Gasteiger partial charge in [0.25, 0.3) is 0 Å². The number of hydrogen-bond donors (Lipinski definition) is 0. The third kappa shape index (κ3) is 2.71. The fraction of sp³-hybridized carbons (Fsp3) is 0.727. The summed E-state index contributed by atoms with van der Waals surface area (Å²) < 4.78 is 0.655. The summed E-state index contributed by atoms with van der Waals surface area (Å²) in [4.78, 5) is 7.93. The maximum absolute atomic E-state index is 5.84. The lowest BCUT2D eigenvalue weighted by molar-refractivity contribution is 0.0964. The number of aromatic nitrogens is 1. The summed E-state index contributed by atoms with van der Waals surface area (Å²) >= 11 is 7.44. The van der Waals surface area contributed by atoms with Crippen LogP contribution in [0.2, 0.25) is 4.47 Å². The van der Waals surface area contributed by atoms with E-state index in [1.807, 2.05) is 6.20 Å². The van der Waals surface area contributed by atoms with Crippen molar-refractivity contribution in [2.75, 3.05) is 0 Å². The Morgan fingerprint density at radius 1 is 1.47 bits per heavy atom. The molecule has 1 aliphatic rings. The predicted molar refractivity (Wildman–Crippen MR) is 65.4 cm³/mol. The molecule has 0 spiro atoms. The van der Waals surface area contributed by atoms with E-state index in [9.17, 15) is 0 Å². The van der Waals surface area contributed by atoms with Crippen molar-refractivity contribution in [3.8, 4) is 0 Å². The fourth-order valence-corrected chi connectivity index (χ4v) is 3.31. The zero-order valence-electron chi connectivity index (χ0n) is 9.24. The van der Waals surface area contributed by atoms with Crippen LogP contribution in [-0.4, -0.2) is 22.0 Å². The normalized spacial score (nSPS) is 28.2. The van der Waals surface area contributed by atoms with Crippen LogP contribution in [0, 0.1) is 0 Å². The zero-order chi connectivity index (χ0) is 10.8. The summed E-state index contributed by atoms with van der Waals surface area (Å²) in [6.45, 7) is 5.64. The standard InChI is InChI=1S/C11H17ClN2S/c1-8-4-3-5-9(2)14(8)7-10-6-13-11(12)15-10/h6,8-9H,3-5,7H2,1-2H3. The van der Waals surface area contributed by atoms with Crippen LogP contribution in [0.4, 0.5) is 0 Å². The summed E-state index contributed by atoms with van der Waals surface area (Å²) in [6.07, 6.45) is 5.90. The second-order valence-electron chi connectivity index (χ2n) is 4.38. The quantitative estimate of drug-likeness (QED) is 0.791. The molecule has 0 bridgehead atoms. The molecule has 0 saturated carbocycles. The number of thiazole rings is 1. The van der Waals surface area contributed by atoms with E-state index < -0.39 is 0 Å². The van der Waals surface area contributed by atoms with Crippen molar-refractivity contribution in [2.24, 2.45) is 0 Å². The van der Waals surface area contributed by atoms with E-state index in [1.165, 1.54) is 24.1 Å². The molecule has 84 valence electrons. The highest BCUT2D eigenvalue weighted by Crippen LogP contribution is 2.27. The van der Waals surface area contributed by atoms with Gasteiger partial charge in [0.15, 0.2) is 4.47 Å². The van der Waals surface area contributed by atoms with E-state index in [1.54, 1.807) is 11.3 Å². The molecule has 2 heterocycles. The van der Waals surface area contributed by atoms with E-state index in [4.69, 9.17) is 11.6 Å². The summed E-state index contributed by atoms with van der Waals surface area (Å²) in [5.41, 5.74) is 0. The van der Waals surface area contributed by atoms with Crippen molar-refractivity contribution < 1.29 is 0 Å². The van der Waals surface area contributed by atoms with Crippen molar-refractivity contribution in [1.82, 2.24) is 9.88 Å². The van der Waals surface area contributed by atoms with Crippen LogP contribution in [0.1, 0.15) is 38.0 Å². The Balaban J connectivity index is 2.03. The molecule has 0 N–H and O–H groups in total. The minimum atomic E-state index is 0.655. The number of halogens is 1. The lowest BCUT2D eigenvalue weighted by Crippen LogP contribution is -2.42. The van der Waals surface area contributed by atoms with Crippen molar-refractivity contribution in [2.45, 2.75) is 51.7 Å². The summed E-state index contributed by atoms with van der Waals surface area (Å²) in [5.74, 6) is 0. The van der Waals surface area contributed by atoms with Crippen molar-refractivity contribution in [1.29, 1.82) is 0 Å². The maximum atomic E-state index is 5.84. The Morgan fingerprint density at radius 3 is 2.67 bits per heavy atom. The number of rotatable bonds is 2. The average Bonchev–Trinajstić information content (AvgIpc) is 2.58. The molecule has 4 heteroatoms. The number of hydrogen-bond acceptors (Lipinski definition) is 3. The highest BCUT2D eigenvalue weighted by atomic mass is 35.5. The van der Waals surface area contributed by atoms with Crippen LogP contribution < -0.4 is 0 Å². The van der Waals surface area contributed by atoms with Gasteiger partial charge in [-0.1, -0.05) is 18.0 Å². The fourth-order valence-electron chi connectivity index (χ4n) is 2.32. The van der Waals surface area contributed by atoms with E-state index in [0.29, 0.717) is 16.6 Å². The van der Waals surface area contributed by atoms with Gasteiger partial charge in [0.05, 0.1) is 0 Å². The highest BCUT2D eigenvalue weighted by molar-refractivity contribution is 7.15. The van der Waals surface area contributed by atoms with Crippen LogP contribution in [0.15, 0.2) is 6.20 Å². The van der Waals surface area contributed by atoms with Crippen LogP contribution >= 0.6 is 22.9 Å². The van der Waals surface area contributed by atoms with Gasteiger partial charge in [0.1, 0.15) is 0 Å². The topological polar surface area (TPSA) is 16.1 Å². The molecule has 0 aliphatic carbocycles. The van der Waals surface area contributed by atoms with Gasteiger partial charge in [-0.25, -0.2) is 4.98 Å². The number of piperidine rings is 1. The van der Waals surface area contributed by atoms with E-state index in [0.717, 1.165) is 6.54 Å². The van der Waals surface area contributed by atoms with Gasteiger partial charge >= 0.3 is 0 Å². The molecule has 1 aliphatic heterocycles. The largest absolute Gasteiger partial charge is 0.293 e. The van der Waals surface area contributed by atoms with Crippen LogP contribution in [0.3, 0.4) is 0 Å². The molecule has 1 saturated heterocycles.